The third kappa shape index (κ3) is 2.91. The number of carbonyl (C=O) groups is 1. The van der Waals surface area contributed by atoms with E-state index in [1.807, 2.05) is 50.6 Å². The fourth-order valence-electron chi connectivity index (χ4n) is 2.63. The summed E-state index contributed by atoms with van der Waals surface area (Å²) in [6.07, 6.45) is 0.656. The summed E-state index contributed by atoms with van der Waals surface area (Å²) < 4.78 is 2.04. The number of amides is 1. The highest BCUT2D eigenvalue weighted by Gasteiger charge is 2.24. The van der Waals surface area contributed by atoms with E-state index in [2.05, 4.69) is 4.98 Å². The molecule has 114 valence electrons. The number of hydrogen-bond acceptors (Lipinski definition) is 2. The number of likely N-dealkylation sites (N-methyl/N-ethyl adjacent to an activating group) is 1. The minimum absolute atomic E-state index is 0.0934. The molecule has 0 aliphatic rings. The fourth-order valence-corrected chi connectivity index (χ4v) is 2.80. The van der Waals surface area contributed by atoms with Gasteiger partial charge in [0.05, 0.1) is 11.0 Å². The summed E-state index contributed by atoms with van der Waals surface area (Å²) in [7, 11) is 1.83. The standard InChI is InChI=1S/C16H22ClN3O/c1-5-19(4)16(21)12(3)20-14(9-10-17)18-13-8-6-7-11(2)15(13)20/h6-8,12H,5,9-10H2,1-4H3. The zero-order valence-corrected chi connectivity index (χ0v) is 13.8. The SMILES string of the molecule is CCN(C)C(=O)C(C)n1c(CCCl)nc2cccc(C)c21. The first kappa shape index (κ1) is 15.8. The molecule has 2 rings (SSSR count). The number of alkyl halides is 1. The van der Waals surface area contributed by atoms with E-state index in [1.165, 1.54) is 0 Å². The predicted octanol–water partition coefficient (Wildman–Crippen LogP) is 3.17. The Hall–Kier alpha value is -1.55. The van der Waals surface area contributed by atoms with Crippen LogP contribution in [0.25, 0.3) is 11.0 Å². The Labute approximate surface area is 130 Å². The van der Waals surface area contributed by atoms with Crippen LogP contribution in [0.5, 0.6) is 0 Å². The number of aromatic nitrogens is 2. The molecule has 0 radical (unpaired) electrons. The minimum atomic E-state index is -0.278. The van der Waals surface area contributed by atoms with Crippen molar-refractivity contribution in [2.45, 2.75) is 33.2 Å². The Balaban J connectivity index is 2.59. The van der Waals surface area contributed by atoms with Crippen LogP contribution in [0, 0.1) is 6.92 Å². The van der Waals surface area contributed by atoms with Gasteiger partial charge in [0, 0.05) is 25.9 Å². The van der Waals surface area contributed by atoms with Gasteiger partial charge < -0.3 is 9.47 Å². The monoisotopic (exact) mass is 307 g/mol. The van der Waals surface area contributed by atoms with Crippen LogP contribution in [0.3, 0.4) is 0 Å². The van der Waals surface area contributed by atoms with Crippen LogP contribution in [-0.2, 0) is 11.2 Å². The summed E-state index contributed by atoms with van der Waals surface area (Å²) in [5, 5.41) is 0. The molecular weight excluding hydrogens is 286 g/mol. The van der Waals surface area contributed by atoms with Gasteiger partial charge in [-0.2, -0.15) is 0 Å². The summed E-state index contributed by atoms with van der Waals surface area (Å²) >= 11 is 5.90. The zero-order chi connectivity index (χ0) is 15.6. The van der Waals surface area contributed by atoms with Crippen molar-refractivity contribution in [3.05, 3.63) is 29.6 Å². The second kappa shape index (κ2) is 6.48. The van der Waals surface area contributed by atoms with Crippen molar-refractivity contribution in [2.24, 2.45) is 0 Å². The lowest BCUT2D eigenvalue weighted by Gasteiger charge is -2.23. The quantitative estimate of drug-likeness (QED) is 0.796. The molecule has 1 aromatic heterocycles. The number of rotatable bonds is 5. The number of benzene rings is 1. The fraction of sp³-hybridized carbons (Fsp3) is 0.500. The van der Waals surface area contributed by atoms with E-state index in [9.17, 15) is 4.79 Å². The Morgan fingerprint density at radius 2 is 2.19 bits per heavy atom. The third-order valence-electron chi connectivity index (χ3n) is 3.90. The first-order chi connectivity index (χ1) is 10.0. The Kier molecular flexibility index (Phi) is 4.88. The highest BCUT2D eigenvalue weighted by molar-refractivity contribution is 6.17. The van der Waals surface area contributed by atoms with E-state index < -0.39 is 0 Å². The molecule has 4 nitrogen and oxygen atoms in total. The number of hydrogen-bond donors (Lipinski definition) is 0. The summed E-state index contributed by atoms with van der Waals surface area (Å²) in [5.41, 5.74) is 3.08. The van der Waals surface area contributed by atoms with E-state index in [4.69, 9.17) is 11.6 Å². The van der Waals surface area contributed by atoms with Gasteiger partial charge in [-0.05, 0) is 32.4 Å². The number of nitrogens with zero attached hydrogens (tertiary/aromatic N) is 3. The van der Waals surface area contributed by atoms with Gasteiger partial charge in [0.2, 0.25) is 5.91 Å². The summed E-state index contributed by atoms with van der Waals surface area (Å²) in [5.74, 6) is 1.46. The normalized spacial score (nSPS) is 12.6. The number of para-hydroxylation sites is 1. The van der Waals surface area contributed by atoms with Gasteiger partial charge in [-0.15, -0.1) is 11.6 Å². The molecule has 21 heavy (non-hydrogen) atoms. The van der Waals surface area contributed by atoms with Crippen LogP contribution in [0.1, 0.15) is 31.3 Å². The van der Waals surface area contributed by atoms with E-state index in [0.717, 1.165) is 22.4 Å². The maximum Gasteiger partial charge on any atom is 0.245 e. The van der Waals surface area contributed by atoms with Crippen molar-refractivity contribution in [3.8, 4) is 0 Å². The molecule has 0 saturated carbocycles. The average Bonchev–Trinajstić information content (AvgIpc) is 2.84. The van der Waals surface area contributed by atoms with Gasteiger partial charge in [0.1, 0.15) is 11.9 Å². The molecule has 0 bridgehead atoms. The molecule has 0 aliphatic carbocycles. The van der Waals surface area contributed by atoms with Gasteiger partial charge in [0.25, 0.3) is 0 Å². The van der Waals surface area contributed by atoms with Crippen molar-refractivity contribution in [2.75, 3.05) is 19.5 Å². The zero-order valence-electron chi connectivity index (χ0n) is 13.1. The van der Waals surface area contributed by atoms with Gasteiger partial charge in [-0.1, -0.05) is 12.1 Å². The van der Waals surface area contributed by atoms with Crippen LogP contribution < -0.4 is 0 Å². The lowest BCUT2D eigenvalue weighted by atomic mass is 10.2. The molecule has 1 unspecified atom stereocenters. The van der Waals surface area contributed by atoms with Crippen molar-refractivity contribution in [3.63, 3.8) is 0 Å². The van der Waals surface area contributed by atoms with Crippen LogP contribution in [0.15, 0.2) is 18.2 Å². The van der Waals surface area contributed by atoms with Crippen molar-refractivity contribution < 1.29 is 4.79 Å². The maximum absolute atomic E-state index is 12.5. The molecular formula is C16H22ClN3O. The predicted molar refractivity (Wildman–Crippen MR) is 86.9 cm³/mol. The summed E-state index contributed by atoms with van der Waals surface area (Å²) in [6.45, 7) is 6.65. The largest absolute Gasteiger partial charge is 0.344 e. The van der Waals surface area contributed by atoms with Gasteiger partial charge in [0.15, 0.2) is 0 Å². The highest BCUT2D eigenvalue weighted by atomic mass is 35.5. The number of halogens is 1. The van der Waals surface area contributed by atoms with Crippen molar-refractivity contribution >= 4 is 28.5 Å². The van der Waals surface area contributed by atoms with Crippen LogP contribution in [0.2, 0.25) is 0 Å². The Bertz CT molecular complexity index is 650. The molecule has 0 fully saturated rings. The molecule has 1 amide bonds. The molecule has 0 N–H and O–H groups in total. The van der Waals surface area contributed by atoms with Crippen molar-refractivity contribution in [1.29, 1.82) is 0 Å². The summed E-state index contributed by atoms with van der Waals surface area (Å²) in [6, 6.07) is 5.74. The molecule has 2 aromatic rings. The minimum Gasteiger partial charge on any atom is -0.344 e. The Morgan fingerprint density at radius 3 is 2.81 bits per heavy atom. The van der Waals surface area contributed by atoms with Crippen LogP contribution in [-0.4, -0.2) is 39.8 Å². The number of fused-ring (bicyclic) bond motifs is 1. The highest BCUT2D eigenvalue weighted by Crippen LogP contribution is 2.25. The van der Waals surface area contributed by atoms with E-state index in [-0.39, 0.29) is 11.9 Å². The number of imidazole rings is 1. The average molecular weight is 308 g/mol. The third-order valence-corrected chi connectivity index (χ3v) is 4.09. The molecule has 1 heterocycles. The van der Waals surface area contributed by atoms with E-state index >= 15 is 0 Å². The number of carbonyl (C=O) groups excluding carboxylic acids is 1. The van der Waals surface area contributed by atoms with Crippen molar-refractivity contribution in [1.82, 2.24) is 14.5 Å². The van der Waals surface area contributed by atoms with Gasteiger partial charge >= 0.3 is 0 Å². The topological polar surface area (TPSA) is 38.1 Å². The summed E-state index contributed by atoms with van der Waals surface area (Å²) in [4.78, 5) is 18.9. The molecule has 0 saturated heterocycles. The molecule has 0 aliphatic heterocycles. The second-order valence-electron chi connectivity index (χ2n) is 5.31. The first-order valence-corrected chi connectivity index (χ1v) is 7.82. The molecule has 1 aromatic carbocycles. The van der Waals surface area contributed by atoms with Crippen LogP contribution in [0.4, 0.5) is 0 Å². The van der Waals surface area contributed by atoms with Gasteiger partial charge in [-0.25, -0.2) is 4.98 Å². The maximum atomic E-state index is 12.5. The lowest BCUT2D eigenvalue weighted by molar-refractivity contribution is -0.132. The molecule has 1 atom stereocenters. The van der Waals surface area contributed by atoms with Crippen LogP contribution >= 0.6 is 11.6 Å². The first-order valence-electron chi connectivity index (χ1n) is 7.28. The smallest absolute Gasteiger partial charge is 0.245 e. The van der Waals surface area contributed by atoms with E-state index in [0.29, 0.717) is 18.8 Å². The second-order valence-corrected chi connectivity index (χ2v) is 5.69. The lowest BCUT2D eigenvalue weighted by Crippen LogP contribution is -2.33. The van der Waals surface area contributed by atoms with E-state index in [1.54, 1.807) is 4.90 Å². The molecule has 0 spiro atoms. The molecule has 5 heteroatoms. The van der Waals surface area contributed by atoms with Gasteiger partial charge in [-0.3, -0.25) is 4.79 Å². The number of aryl methyl sites for hydroxylation is 2. The Morgan fingerprint density at radius 1 is 1.48 bits per heavy atom.